The average molecular weight is 376 g/mol. The van der Waals surface area contributed by atoms with Crippen LogP contribution in [0.4, 0.5) is 4.79 Å². The van der Waals surface area contributed by atoms with Gasteiger partial charge in [0.1, 0.15) is 6.04 Å². The lowest BCUT2D eigenvalue weighted by Gasteiger charge is -2.33. The predicted octanol–water partition coefficient (Wildman–Crippen LogP) is 1.23. The number of nitrogens with zero attached hydrogens (tertiary/aromatic N) is 2. The fourth-order valence-electron chi connectivity index (χ4n) is 3.65. The third-order valence-electron chi connectivity index (χ3n) is 5.03. The molecule has 0 aliphatic carbocycles. The topological polar surface area (TPSA) is 104 Å². The molecule has 2 rings (SSSR count). The van der Waals surface area contributed by atoms with Crippen molar-refractivity contribution in [2.45, 2.75) is 39.2 Å². The Labute approximate surface area is 149 Å². The minimum Gasteiger partial charge on any atom is -0.480 e. The van der Waals surface area contributed by atoms with Crippen LogP contribution in [0.2, 0.25) is 0 Å². The number of carbonyl (C=O) groups excluding carboxylic acids is 1. The number of sulfonamides is 1. The highest BCUT2D eigenvalue weighted by Gasteiger charge is 2.44. The van der Waals surface area contributed by atoms with E-state index in [1.54, 1.807) is 0 Å². The first-order valence-corrected chi connectivity index (χ1v) is 10.6. The zero-order chi connectivity index (χ0) is 18.8. The lowest BCUT2D eigenvalue weighted by Crippen LogP contribution is -2.41. The summed E-state index contributed by atoms with van der Waals surface area (Å²) in [6.45, 7) is 5.37. The van der Waals surface area contributed by atoms with Crippen LogP contribution in [0.25, 0.3) is 0 Å². The summed E-state index contributed by atoms with van der Waals surface area (Å²) in [5.74, 6) is -0.541. The normalized spacial score (nSPS) is 26.2. The number of carbonyl (C=O) groups is 2. The zero-order valence-corrected chi connectivity index (χ0v) is 15.9. The van der Waals surface area contributed by atoms with E-state index in [2.05, 4.69) is 0 Å². The van der Waals surface area contributed by atoms with Crippen LogP contribution in [-0.4, -0.2) is 73.3 Å². The van der Waals surface area contributed by atoms with Crippen LogP contribution in [0.15, 0.2) is 0 Å². The van der Waals surface area contributed by atoms with Crippen LogP contribution in [0.5, 0.6) is 0 Å². The Hall–Kier alpha value is -1.35. The van der Waals surface area contributed by atoms with Crippen LogP contribution in [-0.2, 0) is 19.6 Å². The SMILES string of the molecule is CC(C)COC(=O)N1C[C@@H](C2CCN(S(C)(=O)=O)CC2)C[C@H]1C(=O)O. The number of hydrogen-bond donors (Lipinski definition) is 1. The standard InChI is InChI=1S/C16H28N2O6S/c1-11(2)10-24-16(21)18-9-13(8-14(18)15(19)20)12-4-6-17(7-5-12)25(3,22)23/h11-14H,4-10H2,1-3H3,(H,19,20)/t13-,14-/m0/s1. The molecule has 2 saturated heterocycles. The van der Waals surface area contributed by atoms with Crippen molar-refractivity contribution in [3.05, 3.63) is 0 Å². The van der Waals surface area contributed by atoms with Gasteiger partial charge in [-0.3, -0.25) is 4.90 Å². The molecule has 0 bridgehead atoms. The molecular formula is C16H28N2O6S. The zero-order valence-electron chi connectivity index (χ0n) is 15.1. The maximum Gasteiger partial charge on any atom is 0.410 e. The summed E-state index contributed by atoms with van der Waals surface area (Å²) in [6.07, 6.45) is 2.42. The molecule has 2 aliphatic heterocycles. The Kier molecular flexibility index (Phi) is 6.31. The van der Waals surface area contributed by atoms with E-state index in [1.165, 1.54) is 15.5 Å². The van der Waals surface area contributed by atoms with Gasteiger partial charge in [0.2, 0.25) is 10.0 Å². The largest absolute Gasteiger partial charge is 0.480 e. The van der Waals surface area contributed by atoms with Crippen molar-refractivity contribution in [2.24, 2.45) is 17.8 Å². The first-order chi connectivity index (χ1) is 11.6. The van der Waals surface area contributed by atoms with Crippen LogP contribution >= 0.6 is 0 Å². The number of carboxylic acids is 1. The Morgan fingerprint density at radius 1 is 1.20 bits per heavy atom. The second-order valence-corrected chi connectivity index (χ2v) is 9.45. The second kappa shape index (κ2) is 7.90. The summed E-state index contributed by atoms with van der Waals surface area (Å²) < 4.78 is 29.9. The Morgan fingerprint density at radius 2 is 1.80 bits per heavy atom. The fraction of sp³-hybridized carbons (Fsp3) is 0.875. The van der Waals surface area contributed by atoms with E-state index < -0.39 is 28.1 Å². The minimum absolute atomic E-state index is 0.0643. The summed E-state index contributed by atoms with van der Waals surface area (Å²) in [5, 5.41) is 9.44. The van der Waals surface area contributed by atoms with Crippen molar-refractivity contribution in [1.82, 2.24) is 9.21 Å². The Balaban J connectivity index is 1.98. The molecule has 0 aromatic heterocycles. The number of hydrogen-bond acceptors (Lipinski definition) is 5. The van der Waals surface area contributed by atoms with E-state index in [0.717, 1.165) is 0 Å². The highest BCUT2D eigenvalue weighted by molar-refractivity contribution is 7.88. The van der Waals surface area contributed by atoms with Gasteiger partial charge in [0.15, 0.2) is 0 Å². The van der Waals surface area contributed by atoms with Crippen molar-refractivity contribution in [1.29, 1.82) is 0 Å². The lowest BCUT2D eigenvalue weighted by molar-refractivity contribution is -0.141. The fourth-order valence-corrected chi connectivity index (χ4v) is 4.52. The smallest absolute Gasteiger partial charge is 0.410 e. The van der Waals surface area contributed by atoms with Gasteiger partial charge in [-0.05, 0) is 37.0 Å². The van der Waals surface area contributed by atoms with Crippen molar-refractivity contribution in [2.75, 3.05) is 32.5 Å². The van der Waals surface area contributed by atoms with Gasteiger partial charge in [0, 0.05) is 19.6 Å². The number of ether oxygens (including phenoxy) is 1. The van der Waals surface area contributed by atoms with Crippen molar-refractivity contribution in [3.8, 4) is 0 Å². The molecule has 0 unspecified atom stereocenters. The molecule has 2 heterocycles. The van der Waals surface area contributed by atoms with Gasteiger partial charge in [-0.25, -0.2) is 22.3 Å². The molecular weight excluding hydrogens is 348 g/mol. The molecule has 9 heteroatoms. The maximum absolute atomic E-state index is 12.2. The molecule has 0 aromatic rings. The van der Waals surface area contributed by atoms with Crippen LogP contribution in [0.1, 0.15) is 33.1 Å². The third kappa shape index (κ3) is 5.07. The molecule has 0 spiro atoms. The highest BCUT2D eigenvalue weighted by atomic mass is 32.2. The number of carboxylic acid groups (broad SMARTS) is 1. The number of rotatable bonds is 5. The molecule has 2 fully saturated rings. The van der Waals surface area contributed by atoms with E-state index in [-0.39, 0.29) is 24.4 Å². The minimum atomic E-state index is -3.18. The third-order valence-corrected chi connectivity index (χ3v) is 6.33. The first kappa shape index (κ1) is 20.0. The molecule has 25 heavy (non-hydrogen) atoms. The van der Waals surface area contributed by atoms with E-state index in [1.807, 2.05) is 13.8 Å². The van der Waals surface area contributed by atoms with Crippen LogP contribution < -0.4 is 0 Å². The molecule has 0 aromatic carbocycles. The van der Waals surface area contributed by atoms with Crippen molar-refractivity contribution < 1.29 is 27.9 Å². The Bertz CT molecular complexity index is 598. The molecule has 8 nitrogen and oxygen atoms in total. The summed E-state index contributed by atoms with van der Waals surface area (Å²) >= 11 is 0. The molecule has 144 valence electrons. The highest BCUT2D eigenvalue weighted by Crippen LogP contribution is 2.35. The summed E-state index contributed by atoms with van der Waals surface area (Å²) in [5.41, 5.74) is 0. The van der Waals surface area contributed by atoms with Gasteiger partial charge < -0.3 is 9.84 Å². The average Bonchev–Trinajstić information content (AvgIpc) is 2.97. The maximum atomic E-state index is 12.2. The number of piperidine rings is 1. The van der Waals surface area contributed by atoms with Gasteiger partial charge >= 0.3 is 12.1 Å². The number of likely N-dealkylation sites (tertiary alicyclic amines) is 1. The Morgan fingerprint density at radius 3 is 2.28 bits per heavy atom. The lowest BCUT2D eigenvalue weighted by atomic mass is 9.83. The van der Waals surface area contributed by atoms with Gasteiger partial charge in [-0.15, -0.1) is 0 Å². The molecule has 0 radical (unpaired) electrons. The van der Waals surface area contributed by atoms with E-state index in [0.29, 0.717) is 38.9 Å². The van der Waals surface area contributed by atoms with Gasteiger partial charge in [-0.1, -0.05) is 13.8 Å². The van der Waals surface area contributed by atoms with Crippen LogP contribution in [0, 0.1) is 17.8 Å². The van der Waals surface area contributed by atoms with Gasteiger partial charge in [0.25, 0.3) is 0 Å². The summed E-state index contributed by atoms with van der Waals surface area (Å²) in [7, 11) is -3.18. The van der Waals surface area contributed by atoms with E-state index >= 15 is 0 Å². The van der Waals surface area contributed by atoms with E-state index in [9.17, 15) is 23.1 Å². The van der Waals surface area contributed by atoms with Crippen molar-refractivity contribution in [3.63, 3.8) is 0 Å². The van der Waals surface area contributed by atoms with Gasteiger partial charge in [0.05, 0.1) is 12.9 Å². The summed E-state index contributed by atoms with van der Waals surface area (Å²) in [4.78, 5) is 25.1. The molecule has 1 N–H and O–H groups in total. The molecule has 0 saturated carbocycles. The van der Waals surface area contributed by atoms with Crippen LogP contribution in [0.3, 0.4) is 0 Å². The number of aliphatic carboxylic acids is 1. The first-order valence-electron chi connectivity index (χ1n) is 8.71. The quantitative estimate of drug-likeness (QED) is 0.774. The molecule has 1 amide bonds. The monoisotopic (exact) mass is 376 g/mol. The second-order valence-electron chi connectivity index (χ2n) is 7.47. The van der Waals surface area contributed by atoms with E-state index in [4.69, 9.17) is 4.74 Å². The molecule has 2 aliphatic rings. The molecule has 2 atom stereocenters. The van der Waals surface area contributed by atoms with Crippen molar-refractivity contribution >= 4 is 22.1 Å². The summed E-state index contributed by atoms with van der Waals surface area (Å²) in [6, 6.07) is -0.863. The predicted molar refractivity (Wildman–Crippen MR) is 91.6 cm³/mol. The van der Waals surface area contributed by atoms with Gasteiger partial charge in [-0.2, -0.15) is 0 Å². The number of amides is 1.